The second-order valence-electron chi connectivity index (χ2n) is 3.61. The molecule has 1 fully saturated rings. The van der Waals surface area contributed by atoms with Gasteiger partial charge in [0.15, 0.2) is 0 Å². The van der Waals surface area contributed by atoms with Crippen LogP contribution in [0.25, 0.3) is 0 Å². The fraction of sp³-hybridized carbons (Fsp3) is 1.00. The predicted octanol–water partition coefficient (Wildman–Crippen LogP) is 2.11. The zero-order valence-electron chi connectivity index (χ0n) is 7.96. The first-order chi connectivity index (χ1) is 5.84. The summed E-state index contributed by atoms with van der Waals surface area (Å²) in [5.41, 5.74) is 0. The molecule has 72 valence electrons. The van der Waals surface area contributed by atoms with Crippen LogP contribution in [-0.2, 0) is 4.74 Å². The van der Waals surface area contributed by atoms with Crippen LogP contribution in [0.3, 0.4) is 0 Å². The van der Waals surface area contributed by atoms with Gasteiger partial charge in [-0.05, 0) is 19.3 Å². The zero-order valence-corrected chi connectivity index (χ0v) is 7.96. The van der Waals surface area contributed by atoms with Crippen molar-refractivity contribution >= 4 is 0 Å². The summed E-state index contributed by atoms with van der Waals surface area (Å²) in [5, 5.41) is 9.67. The lowest BCUT2D eigenvalue weighted by Gasteiger charge is -2.20. The third-order valence-electron chi connectivity index (χ3n) is 2.48. The lowest BCUT2D eigenvalue weighted by atomic mass is 10.0. The van der Waals surface area contributed by atoms with Crippen LogP contribution in [-0.4, -0.2) is 23.9 Å². The molecule has 2 nitrogen and oxygen atoms in total. The normalized spacial score (nSPS) is 28.0. The van der Waals surface area contributed by atoms with Gasteiger partial charge >= 0.3 is 0 Å². The molecule has 0 aromatic rings. The zero-order chi connectivity index (χ0) is 8.81. The van der Waals surface area contributed by atoms with Gasteiger partial charge in [-0.25, -0.2) is 0 Å². The summed E-state index contributed by atoms with van der Waals surface area (Å²) in [6.07, 6.45) is 6.49. The molecule has 12 heavy (non-hydrogen) atoms. The first-order valence-electron chi connectivity index (χ1n) is 5.14. The summed E-state index contributed by atoms with van der Waals surface area (Å²) >= 11 is 0. The Morgan fingerprint density at radius 3 is 3.00 bits per heavy atom. The maximum absolute atomic E-state index is 9.67. The van der Waals surface area contributed by atoms with E-state index in [2.05, 4.69) is 6.92 Å². The Balaban J connectivity index is 2.27. The lowest BCUT2D eigenvalue weighted by Crippen LogP contribution is -2.28. The van der Waals surface area contributed by atoms with Crippen molar-refractivity contribution in [2.45, 2.75) is 57.7 Å². The molecule has 0 aliphatic carbocycles. The van der Waals surface area contributed by atoms with Gasteiger partial charge in [-0.2, -0.15) is 0 Å². The highest BCUT2D eigenvalue weighted by Crippen LogP contribution is 2.18. The second kappa shape index (κ2) is 5.55. The molecule has 0 aromatic heterocycles. The number of rotatable bonds is 3. The minimum Gasteiger partial charge on any atom is -0.390 e. The smallest absolute Gasteiger partial charge is 0.0833 e. The highest BCUT2D eigenvalue weighted by molar-refractivity contribution is 4.70. The van der Waals surface area contributed by atoms with Gasteiger partial charge < -0.3 is 9.84 Å². The van der Waals surface area contributed by atoms with Crippen LogP contribution in [0.1, 0.15) is 45.4 Å². The molecule has 0 aromatic carbocycles. The molecule has 1 saturated heterocycles. The molecule has 1 N–H and O–H groups in total. The summed E-state index contributed by atoms with van der Waals surface area (Å²) in [6, 6.07) is 0. The van der Waals surface area contributed by atoms with E-state index in [1.54, 1.807) is 0 Å². The fourth-order valence-electron chi connectivity index (χ4n) is 1.73. The molecule has 1 aliphatic heterocycles. The number of aliphatic hydroxyl groups is 1. The molecule has 0 radical (unpaired) electrons. The van der Waals surface area contributed by atoms with Gasteiger partial charge in [-0.3, -0.25) is 0 Å². The minimum absolute atomic E-state index is 0.118. The Labute approximate surface area is 74.9 Å². The van der Waals surface area contributed by atoms with Crippen molar-refractivity contribution in [3.05, 3.63) is 0 Å². The third kappa shape index (κ3) is 3.11. The molecule has 1 aliphatic rings. The molecule has 0 spiro atoms. The average molecular weight is 172 g/mol. The maximum Gasteiger partial charge on any atom is 0.0833 e. The number of hydrogen-bond donors (Lipinski definition) is 1. The van der Waals surface area contributed by atoms with E-state index in [0.717, 1.165) is 32.3 Å². The van der Waals surface area contributed by atoms with Gasteiger partial charge in [-0.15, -0.1) is 0 Å². The molecule has 0 saturated carbocycles. The van der Waals surface area contributed by atoms with E-state index in [4.69, 9.17) is 4.74 Å². The van der Waals surface area contributed by atoms with E-state index in [-0.39, 0.29) is 12.2 Å². The Kier molecular flexibility index (Phi) is 4.62. The SMILES string of the molecule is CCCC(O)C1CCCCCO1. The molecule has 2 atom stereocenters. The standard InChI is InChI=1S/C10H20O2/c1-2-6-9(11)10-7-4-3-5-8-12-10/h9-11H,2-8H2,1H3. The van der Waals surface area contributed by atoms with Crippen LogP contribution in [0.4, 0.5) is 0 Å². The summed E-state index contributed by atoms with van der Waals surface area (Å²) in [4.78, 5) is 0. The van der Waals surface area contributed by atoms with E-state index >= 15 is 0 Å². The lowest BCUT2D eigenvalue weighted by molar-refractivity contribution is -0.0376. The summed E-state index contributed by atoms with van der Waals surface area (Å²) in [6.45, 7) is 2.94. The van der Waals surface area contributed by atoms with Crippen LogP contribution >= 0.6 is 0 Å². The van der Waals surface area contributed by atoms with E-state index in [0.29, 0.717) is 0 Å². The highest BCUT2D eigenvalue weighted by Gasteiger charge is 2.20. The first-order valence-corrected chi connectivity index (χ1v) is 5.14. The van der Waals surface area contributed by atoms with E-state index in [1.807, 2.05) is 0 Å². The topological polar surface area (TPSA) is 29.5 Å². The van der Waals surface area contributed by atoms with E-state index < -0.39 is 0 Å². The van der Waals surface area contributed by atoms with Gasteiger partial charge in [0.1, 0.15) is 0 Å². The van der Waals surface area contributed by atoms with Gasteiger partial charge in [0.05, 0.1) is 12.2 Å². The van der Waals surface area contributed by atoms with Crippen molar-refractivity contribution in [1.29, 1.82) is 0 Å². The van der Waals surface area contributed by atoms with Crippen molar-refractivity contribution in [3.8, 4) is 0 Å². The van der Waals surface area contributed by atoms with Crippen molar-refractivity contribution < 1.29 is 9.84 Å². The number of aliphatic hydroxyl groups excluding tert-OH is 1. The van der Waals surface area contributed by atoms with Crippen molar-refractivity contribution in [2.75, 3.05) is 6.61 Å². The number of hydrogen-bond acceptors (Lipinski definition) is 2. The van der Waals surface area contributed by atoms with Gasteiger partial charge in [0, 0.05) is 6.61 Å². The summed E-state index contributed by atoms with van der Waals surface area (Å²) < 4.78 is 5.57. The first kappa shape index (κ1) is 10.0. The summed E-state index contributed by atoms with van der Waals surface area (Å²) in [7, 11) is 0. The Morgan fingerprint density at radius 1 is 1.42 bits per heavy atom. The van der Waals surface area contributed by atoms with Crippen molar-refractivity contribution in [1.82, 2.24) is 0 Å². The number of ether oxygens (including phenoxy) is 1. The van der Waals surface area contributed by atoms with Crippen LogP contribution < -0.4 is 0 Å². The second-order valence-corrected chi connectivity index (χ2v) is 3.61. The van der Waals surface area contributed by atoms with Gasteiger partial charge in [0.2, 0.25) is 0 Å². The molecule has 2 heteroatoms. The maximum atomic E-state index is 9.67. The van der Waals surface area contributed by atoms with E-state index in [1.165, 1.54) is 12.8 Å². The van der Waals surface area contributed by atoms with E-state index in [9.17, 15) is 5.11 Å². The van der Waals surface area contributed by atoms with Gasteiger partial charge in [0.25, 0.3) is 0 Å². The Bertz CT molecular complexity index is 106. The fourth-order valence-corrected chi connectivity index (χ4v) is 1.73. The average Bonchev–Trinajstić information content (AvgIpc) is 2.32. The molecule has 1 heterocycles. The monoisotopic (exact) mass is 172 g/mol. The van der Waals surface area contributed by atoms with Crippen LogP contribution in [0.5, 0.6) is 0 Å². The Hall–Kier alpha value is -0.0800. The molecular weight excluding hydrogens is 152 g/mol. The predicted molar refractivity (Wildman–Crippen MR) is 49.1 cm³/mol. The van der Waals surface area contributed by atoms with Crippen molar-refractivity contribution in [3.63, 3.8) is 0 Å². The third-order valence-corrected chi connectivity index (χ3v) is 2.48. The molecule has 0 amide bonds. The van der Waals surface area contributed by atoms with Crippen molar-refractivity contribution in [2.24, 2.45) is 0 Å². The van der Waals surface area contributed by atoms with Gasteiger partial charge in [-0.1, -0.05) is 26.2 Å². The minimum atomic E-state index is -0.229. The molecule has 1 rings (SSSR count). The molecule has 2 unspecified atom stereocenters. The molecular formula is C10H20O2. The quantitative estimate of drug-likeness (QED) is 0.706. The van der Waals surface area contributed by atoms with Crippen LogP contribution in [0, 0.1) is 0 Å². The summed E-state index contributed by atoms with van der Waals surface area (Å²) in [5.74, 6) is 0. The Morgan fingerprint density at radius 2 is 2.25 bits per heavy atom. The highest BCUT2D eigenvalue weighted by atomic mass is 16.5. The largest absolute Gasteiger partial charge is 0.390 e. The molecule has 0 bridgehead atoms. The van der Waals surface area contributed by atoms with Crippen LogP contribution in [0.2, 0.25) is 0 Å². The van der Waals surface area contributed by atoms with Crippen LogP contribution in [0.15, 0.2) is 0 Å².